The van der Waals surface area contributed by atoms with Gasteiger partial charge in [-0.05, 0) is 37.1 Å². The molecule has 2 amide bonds. The zero-order chi connectivity index (χ0) is 17.0. The minimum absolute atomic E-state index is 0.163. The zero-order valence-electron chi connectivity index (χ0n) is 13.3. The molecule has 0 radical (unpaired) electrons. The van der Waals surface area contributed by atoms with Crippen molar-refractivity contribution in [2.24, 2.45) is 0 Å². The lowest BCUT2D eigenvalue weighted by Gasteiger charge is -2.28. The summed E-state index contributed by atoms with van der Waals surface area (Å²) in [5, 5.41) is 15.2. The van der Waals surface area contributed by atoms with Gasteiger partial charge < -0.3 is 15.7 Å². The molecule has 0 unspecified atom stereocenters. The highest BCUT2D eigenvalue weighted by molar-refractivity contribution is 7.89. The zero-order valence-corrected chi connectivity index (χ0v) is 14.1. The van der Waals surface area contributed by atoms with Crippen LogP contribution < -0.4 is 10.6 Å². The molecule has 2 atom stereocenters. The van der Waals surface area contributed by atoms with Crippen molar-refractivity contribution in [3.8, 4) is 0 Å². The highest BCUT2D eigenvalue weighted by atomic mass is 32.2. The van der Waals surface area contributed by atoms with Crippen LogP contribution in [0.25, 0.3) is 0 Å². The van der Waals surface area contributed by atoms with E-state index in [-0.39, 0.29) is 10.9 Å². The van der Waals surface area contributed by atoms with Gasteiger partial charge in [0.1, 0.15) is 0 Å². The summed E-state index contributed by atoms with van der Waals surface area (Å²) in [6.07, 6.45) is 2.90. The lowest BCUT2D eigenvalue weighted by atomic mass is 9.93. The summed E-state index contributed by atoms with van der Waals surface area (Å²) in [5.74, 6) is 0. The van der Waals surface area contributed by atoms with Gasteiger partial charge in [-0.1, -0.05) is 12.8 Å². The summed E-state index contributed by atoms with van der Waals surface area (Å²) in [6.45, 7) is 0. The molecule has 1 saturated carbocycles. The molecule has 7 nitrogen and oxygen atoms in total. The molecule has 1 aromatic rings. The first-order valence-corrected chi connectivity index (χ1v) is 9.03. The van der Waals surface area contributed by atoms with E-state index in [1.165, 1.54) is 38.4 Å². The summed E-state index contributed by atoms with van der Waals surface area (Å²) in [6, 6.07) is 5.32. The third kappa shape index (κ3) is 4.43. The highest BCUT2D eigenvalue weighted by Gasteiger charge is 2.24. The van der Waals surface area contributed by atoms with E-state index in [0.717, 1.165) is 23.6 Å². The SMILES string of the molecule is CN(C)S(=O)(=O)c1ccc(NC(=O)N[C@@H]2CCCC[C@H]2O)cc1. The second kappa shape index (κ2) is 7.29. The number of carbonyl (C=O) groups excluding carboxylic acids is 1. The molecule has 0 aromatic heterocycles. The first kappa shape index (κ1) is 17.7. The summed E-state index contributed by atoms with van der Waals surface area (Å²) in [4.78, 5) is 12.1. The van der Waals surface area contributed by atoms with E-state index in [2.05, 4.69) is 10.6 Å². The molecule has 0 heterocycles. The number of aliphatic hydroxyl groups is 1. The molecule has 2 rings (SSSR count). The van der Waals surface area contributed by atoms with Crippen LogP contribution in [0.2, 0.25) is 0 Å². The number of rotatable bonds is 4. The summed E-state index contributed by atoms with van der Waals surface area (Å²) < 4.78 is 25.1. The Hall–Kier alpha value is -1.64. The fourth-order valence-electron chi connectivity index (χ4n) is 2.54. The highest BCUT2D eigenvalue weighted by Crippen LogP contribution is 2.19. The van der Waals surface area contributed by atoms with Crippen molar-refractivity contribution < 1.29 is 18.3 Å². The third-order valence-electron chi connectivity index (χ3n) is 3.94. The van der Waals surface area contributed by atoms with Gasteiger partial charge in [-0.2, -0.15) is 0 Å². The van der Waals surface area contributed by atoms with Crippen molar-refractivity contribution in [3.63, 3.8) is 0 Å². The molecule has 128 valence electrons. The molecule has 0 saturated heterocycles. The number of aliphatic hydroxyl groups excluding tert-OH is 1. The molecule has 0 aliphatic heterocycles. The smallest absolute Gasteiger partial charge is 0.319 e. The lowest BCUT2D eigenvalue weighted by molar-refractivity contribution is 0.0955. The van der Waals surface area contributed by atoms with Crippen LogP contribution in [-0.4, -0.2) is 50.1 Å². The van der Waals surface area contributed by atoms with Crippen molar-refractivity contribution in [1.29, 1.82) is 0 Å². The van der Waals surface area contributed by atoms with Gasteiger partial charge in [0, 0.05) is 19.8 Å². The van der Waals surface area contributed by atoms with Gasteiger partial charge in [-0.25, -0.2) is 17.5 Å². The minimum Gasteiger partial charge on any atom is -0.391 e. The van der Waals surface area contributed by atoms with Crippen molar-refractivity contribution in [3.05, 3.63) is 24.3 Å². The molecule has 23 heavy (non-hydrogen) atoms. The molecule has 0 bridgehead atoms. The molecule has 1 aliphatic rings. The maximum atomic E-state index is 12.0. The monoisotopic (exact) mass is 341 g/mol. The minimum atomic E-state index is -3.48. The molecular formula is C15H23N3O4S. The Morgan fingerprint density at radius 2 is 1.78 bits per heavy atom. The van der Waals surface area contributed by atoms with Gasteiger partial charge in [0.25, 0.3) is 0 Å². The van der Waals surface area contributed by atoms with Crippen LogP contribution >= 0.6 is 0 Å². The number of nitrogens with one attached hydrogen (secondary N) is 2. The van der Waals surface area contributed by atoms with Crippen molar-refractivity contribution in [1.82, 2.24) is 9.62 Å². The summed E-state index contributed by atoms with van der Waals surface area (Å²) >= 11 is 0. The second-order valence-corrected chi connectivity index (χ2v) is 8.02. The van der Waals surface area contributed by atoms with Crippen molar-refractivity contribution in [2.75, 3.05) is 19.4 Å². The Morgan fingerprint density at radius 1 is 1.17 bits per heavy atom. The van der Waals surface area contributed by atoms with Crippen LogP contribution in [0.5, 0.6) is 0 Å². The topological polar surface area (TPSA) is 98.7 Å². The van der Waals surface area contributed by atoms with Gasteiger partial charge in [0.2, 0.25) is 10.0 Å². The molecule has 8 heteroatoms. The predicted molar refractivity (Wildman–Crippen MR) is 87.7 cm³/mol. The molecule has 1 fully saturated rings. The number of anilines is 1. The summed E-state index contributed by atoms with van der Waals surface area (Å²) in [7, 11) is -0.555. The molecule has 0 spiro atoms. The van der Waals surface area contributed by atoms with Crippen molar-refractivity contribution in [2.45, 2.75) is 42.7 Å². The first-order valence-electron chi connectivity index (χ1n) is 7.59. The van der Waals surface area contributed by atoms with E-state index in [1.807, 2.05) is 0 Å². The maximum Gasteiger partial charge on any atom is 0.319 e. The number of hydrogen-bond acceptors (Lipinski definition) is 4. The Balaban J connectivity index is 1.97. The normalized spacial score (nSPS) is 21.9. The number of carbonyl (C=O) groups is 1. The van der Waals surface area contributed by atoms with E-state index in [4.69, 9.17) is 0 Å². The Kier molecular flexibility index (Phi) is 5.61. The summed E-state index contributed by atoms with van der Waals surface area (Å²) in [5.41, 5.74) is 0.491. The molecular weight excluding hydrogens is 318 g/mol. The van der Waals surface area contributed by atoms with Gasteiger partial charge in [-0.15, -0.1) is 0 Å². The first-order chi connectivity index (χ1) is 10.8. The van der Waals surface area contributed by atoms with E-state index in [1.54, 1.807) is 0 Å². The molecule has 3 N–H and O–H groups in total. The van der Waals surface area contributed by atoms with Gasteiger partial charge in [0.15, 0.2) is 0 Å². The van der Waals surface area contributed by atoms with E-state index >= 15 is 0 Å². The van der Waals surface area contributed by atoms with Gasteiger partial charge in [-0.3, -0.25) is 0 Å². The Bertz CT molecular complexity index is 643. The molecule has 1 aromatic carbocycles. The number of urea groups is 1. The number of sulfonamides is 1. The largest absolute Gasteiger partial charge is 0.391 e. The van der Waals surface area contributed by atoms with Crippen LogP contribution in [0.15, 0.2) is 29.2 Å². The second-order valence-electron chi connectivity index (χ2n) is 5.87. The Morgan fingerprint density at radius 3 is 2.35 bits per heavy atom. The standard InChI is InChI=1S/C15H23N3O4S/c1-18(2)23(21,22)12-9-7-11(8-10-12)16-15(20)17-13-5-3-4-6-14(13)19/h7-10,13-14,19H,3-6H2,1-2H3,(H2,16,17,20)/t13-,14-/m1/s1. The van der Waals surface area contributed by atoms with E-state index in [0.29, 0.717) is 12.1 Å². The van der Waals surface area contributed by atoms with E-state index < -0.39 is 22.2 Å². The fraction of sp³-hybridized carbons (Fsp3) is 0.533. The van der Waals surface area contributed by atoms with E-state index in [9.17, 15) is 18.3 Å². The van der Waals surface area contributed by atoms with Crippen LogP contribution in [0, 0.1) is 0 Å². The lowest BCUT2D eigenvalue weighted by Crippen LogP contribution is -2.46. The predicted octanol–water partition coefficient (Wildman–Crippen LogP) is 1.36. The number of hydrogen-bond donors (Lipinski definition) is 3. The quantitative estimate of drug-likeness (QED) is 0.770. The Labute approximate surface area is 136 Å². The van der Waals surface area contributed by atoms with Gasteiger partial charge in [0.05, 0.1) is 17.0 Å². The van der Waals surface area contributed by atoms with Crippen LogP contribution in [0.1, 0.15) is 25.7 Å². The average Bonchev–Trinajstić information content (AvgIpc) is 2.50. The third-order valence-corrected chi connectivity index (χ3v) is 5.77. The maximum absolute atomic E-state index is 12.0. The van der Waals surface area contributed by atoms with Crippen LogP contribution in [0.3, 0.4) is 0 Å². The van der Waals surface area contributed by atoms with Gasteiger partial charge >= 0.3 is 6.03 Å². The number of nitrogens with zero attached hydrogens (tertiary/aromatic N) is 1. The van der Waals surface area contributed by atoms with Crippen LogP contribution in [0.4, 0.5) is 10.5 Å². The average molecular weight is 341 g/mol. The number of amides is 2. The number of benzene rings is 1. The fourth-order valence-corrected chi connectivity index (χ4v) is 3.44. The van der Waals surface area contributed by atoms with Crippen LogP contribution in [-0.2, 0) is 10.0 Å². The molecule has 1 aliphatic carbocycles. The van der Waals surface area contributed by atoms with Crippen molar-refractivity contribution >= 4 is 21.7 Å².